The van der Waals surface area contributed by atoms with Gasteiger partial charge in [-0.25, -0.2) is 0 Å². The molecule has 1 aromatic carbocycles. The molecule has 2 aromatic heterocycles. The monoisotopic (exact) mass is 582 g/mol. The smallest absolute Gasteiger partial charge is 0.291 e. The lowest BCUT2D eigenvalue weighted by Crippen LogP contribution is -2.37. The van der Waals surface area contributed by atoms with Crippen molar-refractivity contribution >= 4 is 17.5 Å². The quantitative estimate of drug-likeness (QED) is 0.300. The fourth-order valence-corrected chi connectivity index (χ4v) is 5.47. The van der Waals surface area contributed by atoms with Gasteiger partial charge in [0.1, 0.15) is 5.76 Å². The van der Waals surface area contributed by atoms with E-state index in [0.29, 0.717) is 12.2 Å². The number of aromatic nitrogens is 2. The van der Waals surface area contributed by atoms with Crippen molar-refractivity contribution in [3.63, 3.8) is 0 Å². The molecule has 1 aliphatic rings. The lowest BCUT2D eigenvalue weighted by molar-refractivity contribution is -0.105. The summed E-state index contributed by atoms with van der Waals surface area (Å²) in [4.78, 5) is 23.7. The molecule has 4 rings (SSSR count). The van der Waals surface area contributed by atoms with Crippen molar-refractivity contribution in [3.8, 4) is 11.8 Å². The summed E-state index contributed by atoms with van der Waals surface area (Å²) in [5.41, 5.74) is 3.90. The number of nitrogens with zero attached hydrogens (tertiary/aromatic N) is 3. The van der Waals surface area contributed by atoms with Crippen LogP contribution in [0.2, 0.25) is 0 Å². The number of anilines is 2. The summed E-state index contributed by atoms with van der Waals surface area (Å²) in [6.07, 6.45) is -0.899. The second-order valence-corrected chi connectivity index (χ2v) is 11.9. The number of aryl methyl sites for hydroxylation is 1. The molecule has 0 spiro atoms. The number of aliphatic hydroxyl groups excluding tert-OH is 2. The molecule has 0 saturated heterocycles. The molecule has 0 bridgehead atoms. The lowest BCUT2D eigenvalue weighted by atomic mass is 9.86. The molecule has 1 aliphatic heterocycles. The predicted octanol–water partition coefficient (Wildman–Crippen LogP) is 4.31. The summed E-state index contributed by atoms with van der Waals surface area (Å²) < 4.78 is 23.2. The molecule has 228 valence electrons. The van der Waals surface area contributed by atoms with Gasteiger partial charge in [0.25, 0.3) is 5.91 Å². The molecule has 11 nitrogen and oxygen atoms in total. The molecule has 42 heavy (non-hydrogen) atoms. The number of carbonyl (C=O) groups excluding carboxylic acids is 1. The fourth-order valence-electron chi connectivity index (χ4n) is 5.47. The molecular weight excluding hydrogens is 540 g/mol. The Hall–Kier alpha value is -3.67. The number of carbonyl (C=O) groups is 1. The van der Waals surface area contributed by atoms with Gasteiger partial charge in [-0.3, -0.25) is 4.79 Å². The van der Waals surface area contributed by atoms with Crippen molar-refractivity contribution in [2.75, 3.05) is 37.5 Å². The molecule has 11 heteroatoms. The number of furan rings is 1. The van der Waals surface area contributed by atoms with Crippen LogP contribution < -0.4 is 19.7 Å². The Kier molecular flexibility index (Phi) is 8.86. The van der Waals surface area contributed by atoms with Gasteiger partial charge in [-0.2, -0.15) is 9.97 Å². The standard InChI is InChI=1S/C31H42N4O7/c1-17-12-22-23(31(6,7)42-30(22,4)5)14-20(17)13-21-10-11-24(41-21)26(38)32-25-27(39-8)33-29(34-28(25)40-9)35(15-18(2)36)16-19(3)37/h10-12,14,18-19,36-37H,13,15-16H2,1-9H3,(H,32,38). The topological polar surface area (TPSA) is 139 Å². The van der Waals surface area contributed by atoms with Crippen LogP contribution in [0.5, 0.6) is 11.8 Å². The first-order valence-corrected chi connectivity index (χ1v) is 14.0. The highest BCUT2D eigenvalue weighted by molar-refractivity contribution is 6.03. The van der Waals surface area contributed by atoms with E-state index in [2.05, 4.69) is 62.0 Å². The number of ether oxygens (including phenoxy) is 3. The van der Waals surface area contributed by atoms with Gasteiger partial charge in [-0.15, -0.1) is 0 Å². The molecule has 0 fully saturated rings. The maximum absolute atomic E-state index is 13.2. The van der Waals surface area contributed by atoms with Crippen molar-refractivity contribution in [2.45, 2.75) is 78.3 Å². The summed E-state index contributed by atoms with van der Waals surface area (Å²) >= 11 is 0. The normalized spacial score (nSPS) is 16.5. The molecule has 0 radical (unpaired) electrons. The molecule has 2 unspecified atom stereocenters. The Morgan fingerprint density at radius 2 is 1.52 bits per heavy atom. The number of nitrogens with one attached hydrogen (secondary N) is 1. The average Bonchev–Trinajstić information content (AvgIpc) is 3.42. The molecule has 1 amide bonds. The number of fused-ring (bicyclic) bond motifs is 1. The minimum absolute atomic E-state index is 0.0553. The van der Waals surface area contributed by atoms with Crippen molar-refractivity contribution < 1.29 is 33.6 Å². The number of benzene rings is 1. The first-order chi connectivity index (χ1) is 19.6. The Labute approximate surface area is 246 Å². The number of rotatable bonds is 11. The van der Waals surface area contributed by atoms with E-state index in [1.807, 2.05) is 0 Å². The highest BCUT2D eigenvalue weighted by Crippen LogP contribution is 2.47. The Morgan fingerprint density at radius 3 is 2.05 bits per heavy atom. The number of methoxy groups -OCH3 is 2. The van der Waals surface area contributed by atoms with Crippen molar-refractivity contribution in [2.24, 2.45) is 0 Å². The zero-order valence-electron chi connectivity index (χ0n) is 25.9. The number of hydrogen-bond donors (Lipinski definition) is 3. The highest BCUT2D eigenvalue weighted by Gasteiger charge is 2.43. The minimum atomic E-state index is -0.705. The summed E-state index contributed by atoms with van der Waals surface area (Å²) in [6.45, 7) is 14.0. The third kappa shape index (κ3) is 6.53. The zero-order chi connectivity index (χ0) is 31.0. The van der Waals surface area contributed by atoms with Crippen LogP contribution in [0.3, 0.4) is 0 Å². The maximum Gasteiger partial charge on any atom is 0.291 e. The molecule has 0 aliphatic carbocycles. The van der Waals surface area contributed by atoms with Crippen LogP contribution in [0, 0.1) is 6.92 Å². The molecule has 2 atom stereocenters. The van der Waals surface area contributed by atoms with E-state index in [0.717, 1.165) is 16.7 Å². The first-order valence-electron chi connectivity index (χ1n) is 14.0. The molecule has 3 N–H and O–H groups in total. The zero-order valence-corrected chi connectivity index (χ0v) is 25.9. The van der Waals surface area contributed by atoms with Gasteiger partial charge in [0, 0.05) is 19.5 Å². The van der Waals surface area contributed by atoms with E-state index in [9.17, 15) is 15.0 Å². The minimum Gasteiger partial charge on any atom is -0.479 e. The van der Waals surface area contributed by atoms with Gasteiger partial charge in [0.15, 0.2) is 11.4 Å². The van der Waals surface area contributed by atoms with E-state index < -0.39 is 23.7 Å². The number of amides is 1. The average molecular weight is 583 g/mol. The van der Waals surface area contributed by atoms with Crippen LogP contribution in [-0.4, -0.2) is 65.6 Å². The molecule has 0 saturated carbocycles. The van der Waals surface area contributed by atoms with Crippen LogP contribution in [0.4, 0.5) is 11.6 Å². The second-order valence-electron chi connectivity index (χ2n) is 11.9. The van der Waals surface area contributed by atoms with Crippen LogP contribution in [-0.2, 0) is 22.4 Å². The Bertz CT molecular complexity index is 1410. The predicted molar refractivity (Wildman–Crippen MR) is 158 cm³/mol. The number of hydrogen-bond acceptors (Lipinski definition) is 10. The molecule has 3 aromatic rings. The summed E-state index contributed by atoms with van der Waals surface area (Å²) in [5, 5.41) is 22.6. The Morgan fingerprint density at radius 1 is 0.976 bits per heavy atom. The van der Waals surface area contributed by atoms with Crippen LogP contribution in [0.15, 0.2) is 28.7 Å². The Balaban J connectivity index is 1.57. The van der Waals surface area contributed by atoms with Crippen molar-refractivity contribution in [3.05, 3.63) is 58.0 Å². The maximum atomic E-state index is 13.2. The van der Waals surface area contributed by atoms with Crippen molar-refractivity contribution in [1.82, 2.24) is 9.97 Å². The van der Waals surface area contributed by atoms with E-state index in [1.165, 1.54) is 19.8 Å². The summed E-state index contributed by atoms with van der Waals surface area (Å²) in [7, 11) is 2.82. The van der Waals surface area contributed by atoms with Crippen LogP contribution in [0.25, 0.3) is 0 Å². The third-order valence-corrected chi connectivity index (χ3v) is 7.24. The largest absolute Gasteiger partial charge is 0.479 e. The van der Waals surface area contributed by atoms with Crippen LogP contribution in [0.1, 0.15) is 80.1 Å². The molecular formula is C31H42N4O7. The van der Waals surface area contributed by atoms with E-state index in [1.54, 1.807) is 30.9 Å². The van der Waals surface area contributed by atoms with Gasteiger partial charge < -0.3 is 39.1 Å². The lowest BCUT2D eigenvalue weighted by Gasteiger charge is -2.26. The second kappa shape index (κ2) is 11.9. The van der Waals surface area contributed by atoms with E-state index in [-0.39, 0.29) is 47.8 Å². The summed E-state index contributed by atoms with van der Waals surface area (Å²) in [5.74, 6) is 0.494. The first kappa shape index (κ1) is 31.3. The van der Waals surface area contributed by atoms with Gasteiger partial charge in [-0.05, 0) is 82.9 Å². The van der Waals surface area contributed by atoms with Gasteiger partial charge in [0.2, 0.25) is 17.7 Å². The highest BCUT2D eigenvalue weighted by atomic mass is 16.5. The van der Waals surface area contributed by atoms with Gasteiger partial charge in [0.05, 0.1) is 37.6 Å². The van der Waals surface area contributed by atoms with E-state index >= 15 is 0 Å². The van der Waals surface area contributed by atoms with Gasteiger partial charge >= 0.3 is 0 Å². The molecule has 3 heterocycles. The van der Waals surface area contributed by atoms with Crippen LogP contribution >= 0.6 is 0 Å². The summed E-state index contributed by atoms with van der Waals surface area (Å²) in [6, 6.07) is 7.76. The van der Waals surface area contributed by atoms with Gasteiger partial charge in [-0.1, -0.05) is 12.1 Å². The SMILES string of the molecule is COc1nc(N(CC(C)O)CC(C)O)nc(OC)c1NC(=O)c1ccc(Cc2cc3c(cc2C)C(C)(C)OC3(C)C)o1. The van der Waals surface area contributed by atoms with Crippen molar-refractivity contribution in [1.29, 1.82) is 0 Å². The fraction of sp³-hybridized carbons (Fsp3) is 0.516. The third-order valence-electron chi connectivity index (χ3n) is 7.24. The van der Waals surface area contributed by atoms with E-state index in [4.69, 9.17) is 18.6 Å². The number of aliphatic hydroxyl groups is 2.